The van der Waals surface area contributed by atoms with Gasteiger partial charge >= 0.3 is 23.9 Å². The van der Waals surface area contributed by atoms with Crippen LogP contribution in [0.4, 0.5) is 0 Å². The predicted octanol–water partition coefficient (Wildman–Crippen LogP) is 2.30. The van der Waals surface area contributed by atoms with E-state index in [1.807, 2.05) is 6.07 Å². The van der Waals surface area contributed by atoms with E-state index >= 15 is 0 Å². The fourth-order valence-corrected chi connectivity index (χ4v) is 3.56. The Balaban J connectivity index is 0.000000684. The van der Waals surface area contributed by atoms with Gasteiger partial charge in [0.1, 0.15) is 6.04 Å². The van der Waals surface area contributed by atoms with Gasteiger partial charge in [0.05, 0.1) is 12.8 Å². The van der Waals surface area contributed by atoms with Crippen molar-refractivity contribution in [3.8, 4) is 0 Å². The number of nitrogens with zero attached hydrogens (tertiary/aromatic N) is 3. The van der Waals surface area contributed by atoms with E-state index in [1.165, 1.54) is 5.56 Å². The maximum Gasteiger partial charge on any atom is 0.336 e. The normalized spacial score (nSPS) is 12.4. The first-order valence-electron chi connectivity index (χ1n) is 13.6. The lowest BCUT2D eigenvalue weighted by Gasteiger charge is -2.18. The summed E-state index contributed by atoms with van der Waals surface area (Å²) in [6, 6.07) is 9.68. The molecule has 0 amide bonds. The minimum Gasteiger partial charge on any atom is -0.481 e. The van der Waals surface area contributed by atoms with Gasteiger partial charge < -0.3 is 40.7 Å². The second-order valence-corrected chi connectivity index (χ2v) is 9.78. The Bertz CT molecular complexity index is 1090. The minimum absolute atomic E-state index is 0.0208. The molecule has 7 N–H and O–H groups in total. The van der Waals surface area contributed by atoms with Crippen LogP contribution in [0.3, 0.4) is 0 Å². The van der Waals surface area contributed by atoms with Crippen LogP contribution in [0, 0.1) is 5.92 Å². The highest BCUT2D eigenvalue weighted by Gasteiger charge is 2.40. The Kier molecular flexibility index (Phi) is 17.5. The Morgan fingerprint density at radius 3 is 1.83 bits per heavy atom. The van der Waals surface area contributed by atoms with Crippen LogP contribution in [0.5, 0.6) is 0 Å². The fraction of sp³-hybridized carbons (Fsp3) is 0.571. The molecule has 0 aliphatic heterocycles. The van der Waals surface area contributed by atoms with Crippen molar-refractivity contribution in [2.24, 2.45) is 11.7 Å². The highest BCUT2D eigenvalue weighted by molar-refractivity contribution is 5.88. The molecule has 1 unspecified atom stereocenters. The molecule has 1 aromatic heterocycles. The number of hydrogen-bond donors (Lipinski definition) is 6. The minimum atomic E-state index is -2.74. The third-order valence-corrected chi connectivity index (χ3v) is 6.23. The lowest BCUT2D eigenvalue weighted by Crippen LogP contribution is -2.42. The van der Waals surface area contributed by atoms with Crippen LogP contribution in [-0.4, -0.2) is 95.7 Å². The summed E-state index contributed by atoms with van der Waals surface area (Å²) in [6.45, 7) is 13.1. The average Bonchev–Trinajstić information content (AvgIpc) is 3.38. The van der Waals surface area contributed by atoms with Crippen molar-refractivity contribution >= 4 is 23.9 Å². The molecule has 0 spiro atoms. The van der Waals surface area contributed by atoms with Gasteiger partial charge in [-0.1, -0.05) is 70.1 Å². The van der Waals surface area contributed by atoms with Gasteiger partial charge in [0.2, 0.25) is 5.89 Å². The molecule has 0 aliphatic rings. The van der Waals surface area contributed by atoms with Crippen molar-refractivity contribution in [2.75, 3.05) is 19.6 Å². The van der Waals surface area contributed by atoms with Gasteiger partial charge in [-0.05, 0) is 31.0 Å². The second kappa shape index (κ2) is 19.3. The number of carboxylic acids is 4. The number of carboxylic acid groups (broad SMARTS) is 4. The molecular formula is C28H44N4O10. The van der Waals surface area contributed by atoms with Crippen molar-refractivity contribution in [2.45, 2.75) is 77.9 Å². The molecule has 0 fully saturated rings. The lowest BCUT2D eigenvalue weighted by molar-refractivity contribution is -0.170. The standard InChI is InChI=1S/C17H25N3O.C6H8O7.C5H11NO2/c1-4-15(14-10-8-7-9-11-14)17-18-16(21-19-17)12-13-20(5-2)6-3;7-3(8)1-6(13,5(11)12)2-4(9)10;1-3(2)4(6)5(7)8/h7-11,15H,4-6,12-13H2,1-3H3;13H,1-2H2,(H,7,8)(H,9,10)(H,11,12);3-4H,6H2,1-2H3,(H,7,8)/t;;4-/m..0/s1. The Hall–Kier alpha value is -3.88. The first-order chi connectivity index (χ1) is 19.6. The van der Waals surface area contributed by atoms with Crippen LogP contribution in [0.15, 0.2) is 34.9 Å². The van der Waals surface area contributed by atoms with Crippen LogP contribution in [0.2, 0.25) is 0 Å². The third-order valence-electron chi connectivity index (χ3n) is 6.23. The molecule has 1 heterocycles. The number of aliphatic hydroxyl groups is 1. The number of rotatable bonds is 15. The molecule has 2 aromatic rings. The van der Waals surface area contributed by atoms with Gasteiger partial charge in [-0.3, -0.25) is 14.4 Å². The van der Waals surface area contributed by atoms with E-state index in [0.29, 0.717) is 0 Å². The highest BCUT2D eigenvalue weighted by Crippen LogP contribution is 2.25. The maximum atomic E-state index is 10.3. The SMILES string of the molecule is CC(C)[C@H](N)C(=O)O.CCC(c1ccccc1)c1noc(CCN(CC)CC)n1.O=C(O)CC(O)(CC(=O)O)C(=O)O. The number of nitrogens with two attached hydrogens (primary N) is 1. The summed E-state index contributed by atoms with van der Waals surface area (Å²) in [6.07, 6.45) is -0.498. The number of likely N-dealkylation sites (N-methyl/N-ethyl adjacent to an activating group) is 1. The molecule has 0 bridgehead atoms. The number of hydrogen-bond acceptors (Lipinski definition) is 10. The van der Waals surface area contributed by atoms with E-state index in [2.05, 4.69) is 60.1 Å². The smallest absolute Gasteiger partial charge is 0.336 e. The number of carbonyl (C=O) groups is 4. The van der Waals surface area contributed by atoms with Gasteiger partial charge in [-0.25, -0.2) is 4.79 Å². The van der Waals surface area contributed by atoms with E-state index < -0.39 is 48.4 Å². The van der Waals surface area contributed by atoms with Gasteiger partial charge in [0, 0.05) is 18.9 Å². The Morgan fingerprint density at radius 1 is 0.952 bits per heavy atom. The summed E-state index contributed by atoms with van der Waals surface area (Å²) >= 11 is 0. The average molecular weight is 597 g/mol. The summed E-state index contributed by atoms with van der Waals surface area (Å²) < 4.78 is 5.42. The predicted molar refractivity (Wildman–Crippen MR) is 152 cm³/mol. The van der Waals surface area contributed by atoms with Gasteiger partial charge in [-0.15, -0.1) is 0 Å². The Labute approximate surface area is 245 Å². The van der Waals surface area contributed by atoms with E-state index in [9.17, 15) is 19.2 Å². The number of benzene rings is 1. The van der Waals surface area contributed by atoms with E-state index in [4.69, 9.17) is 35.8 Å². The number of aliphatic carboxylic acids is 4. The second-order valence-electron chi connectivity index (χ2n) is 9.78. The molecule has 42 heavy (non-hydrogen) atoms. The van der Waals surface area contributed by atoms with Crippen LogP contribution in [0.25, 0.3) is 0 Å². The van der Waals surface area contributed by atoms with Crippen LogP contribution < -0.4 is 5.73 Å². The van der Waals surface area contributed by atoms with Crippen LogP contribution >= 0.6 is 0 Å². The summed E-state index contributed by atoms with van der Waals surface area (Å²) in [7, 11) is 0. The molecule has 14 heteroatoms. The zero-order valence-electron chi connectivity index (χ0n) is 24.8. The molecular weight excluding hydrogens is 552 g/mol. The molecule has 0 radical (unpaired) electrons. The molecule has 0 aliphatic carbocycles. The molecule has 2 atom stereocenters. The summed E-state index contributed by atoms with van der Waals surface area (Å²) in [5.41, 5.74) is 3.67. The van der Waals surface area contributed by atoms with Gasteiger partial charge in [0.15, 0.2) is 11.4 Å². The van der Waals surface area contributed by atoms with E-state index in [0.717, 1.165) is 44.2 Å². The Morgan fingerprint density at radius 2 is 1.48 bits per heavy atom. The topological polar surface area (TPSA) is 238 Å². The fourth-order valence-electron chi connectivity index (χ4n) is 3.56. The van der Waals surface area contributed by atoms with Crippen molar-refractivity contribution in [1.82, 2.24) is 15.0 Å². The van der Waals surface area contributed by atoms with Crippen LogP contribution in [-0.2, 0) is 25.6 Å². The first-order valence-corrected chi connectivity index (χ1v) is 13.6. The van der Waals surface area contributed by atoms with E-state index in [1.54, 1.807) is 13.8 Å². The van der Waals surface area contributed by atoms with Crippen molar-refractivity contribution in [3.63, 3.8) is 0 Å². The van der Waals surface area contributed by atoms with Crippen molar-refractivity contribution in [3.05, 3.63) is 47.6 Å². The van der Waals surface area contributed by atoms with Gasteiger partial charge in [-0.2, -0.15) is 4.98 Å². The van der Waals surface area contributed by atoms with Crippen molar-refractivity contribution in [1.29, 1.82) is 0 Å². The maximum absolute atomic E-state index is 10.3. The largest absolute Gasteiger partial charge is 0.481 e. The molecule has 0 saturated carbocycles. The highest BCUT2D eigenvalue weighted by atomic mass is 16.5. The lowest BCUT2D eigenvalue weighted by atomic mass is 9.96. The number of aromatic nitrogens is 2. The third kappa shape index (κ3) is 14.1. The molecule has 0 saturated heterocycles. The molecule has 1 aromatic carbocycles. The summed E-state index contributed by atoms with van der Waals surface area (Å²) in [4.78, 5) is 47.5. The van der Waals surface area contributed by atoms with Gasteiger partial charge in [0.25, 0.3) is 0 Å². The van der Waals surface area contributed by atoms with Crippen molar-refractivity contribution < 1.29 is 49.2 Å². The monoisotopic (exact) mass is 596 g/mol. The summed E-state index contributed by atoms with van der Waals surface area (Å²) in [5.74, 6) is -4.16. The molecule has 14 nitrogen and oxygen atoms in total. The van der Waals surface area contributed by atoms with E-state index in [-0.39, 0.29) is 11.8 Å². The zero-order valence-corrected chi connectivity index (χ0v) is 24.8. The summed E-state index contributed by atoms with van der Waals surface area (Å²) in [5, 5.41) is 46.2. The van der Waals surface area contributed by atoms with Crippen LogP contribution in [0.1, 0.15) is 77.1 Å². The zero-order chi connectivity index (χ0) is 32.5. The quantitative estimate of drug-likeness (QED) is 0.173. The molecule has 236 valence electrons. The first kappa shape index (κ1) is 38.1. The molecule has 2 rings (SSSR count).